The number of aromatic nitrogens is 5. The Kier molecular flexibility index (Phi) is 8.91. The fourth-order valence-electron chi connectivity index (χ4n) is 5.70. The number of fused-ring (bicyclic) bond motifs is 2. The molecule has 0 aliphatic carbocycles. The first-order valence-corrected chi connectivity index (χ1v) is 15.7. The fourth-order valence-corrected chi connectivity index (χ4v) is 5.70. The van der Waals surface area contributed by atoms with Crippen molar-refractivity contribution in [1.29, 1.82) is 0 Å². The van der Waals surface area contributed by atoms with Gasteiger partial charge in [0.15, 0.2) is 11.5 Å². The van der Waals surface area contributed by atoms with Gasteiger partial charge in [0.2, 0.25) is 0 Å². The first-order valence-electron chi connectivity index (χ1n) is 15.7. The number of nitrogens with one attached hydrogen (secondary N) is 1. The van der Waals surface area contributed by atoms with E-state index in [0.29, 0.717) is 42.7 Å². The van der Waals surface area contributed by atoms with Crippen LogP contribution in [-0.4, -0.2) is 78.0 Å². The number of ether oxygens (including phenoxy) is 2. The molecule has 14 heteroatoms. The lowest BCUT2D eigenvalue weighted by atomic mass is 9.96. The van der Waals surface area contributed by atoms with Crippen molar-refractivity contribution >= 4 is 46.1 Å². The van der Waals surface area contributed by atoms with Gasteiger partial charge in [-0.25, -0.2) is 19.0 Å². The van der Waals surface area contributed by atoms with Gasteiger partial charge < -0.3 is 24.1 Å². The number of amides is 3. The van der Waals surface area contributed by atoms with Crippen LogP contribution in [0.5, 0.6) is 0 Å². The Hall–Kier alpha value is -4.75. The van der Waals surface area contributed by atoms with Crippen molar-refractivity contribution in [2.75, 3.05) is 29.9 Å². The number of benzene rings is 1. The van der Waals surface area contributed by atoms with Crippen LogP contribution < -0.4 is 10.2 Å². The Morgan fingerprint density at radius 2 is 1.66 bits per heavy atom. The van der Waals surface area contributed by atoms with Crippen molar-refractivity contribution in [3.63, 3.8) is 0 Å². The summed E-state index contributed by atoms with van der Waals surface area (Å²) >= 11 is 0. The highest BCUT2D eigenvalue weighted by atomic mass is 19.1. The molecular formula is C33H43FN8O5. The van der Waals surface area contributed by atoms with Gasteiger partial charge in [-0.2, -0.15) is 5.10 Å². The molecule has 0 radical (unpaired) electrons. The molecule has 4 heterocycles. The molecule has 1 saturated heterocycles. The number of nitrogens with zero attached hydrogens (tertiary/aromatic N) is 7. The van der Waals surface area contributed by atoms with Gasteiger partial charge in [-0.15, -0.1) is 0 Å². The third-order valence-electron chi connectivity index (χ3n) is 7.65. The van der Waals surface area contributed by atoms with E-state index in [1.165, 1.54) is 15.6 Å². The van der Waals surface area contributed by atoms with Crippen LogP contribution in [0.25, 0.3) is 16.6 Å². The van der Waals surface area contributed by atoms with Gasteiger partial charge >= 0.3 is 12.2 Å². The lowest BCUT2D eigenvalue weighted by Crippen LogP contribution is -2.45. The normalized spacial score (nSPS) is 14.5. The molecule has 1 N–H and O–H groups in total. The number of carbonyl (C=O) groups is 3. The molecular weight excluding hydrogens is 607 g/mol. The molecule has 0 atom stereocenters. The number of rotatable bonds is 5. The highest BCUT2D eigenvalue weighted by Crippen LogP contribution is 2.34. The van der Waals surface area contributed by atoms with E-state index < -0.39 is 29.0 Å². The van der Waals surface area contributed by atoms with Gasteiger partial charge in [0, 0.05) is 44.5 Å². The molecule has 1 aromatic carbocycles. The van der Waals surface area contributed by atoms with Gasteiger partial charge in [0.25, 0.3) is 5.91 Å². The van der Waals surface area contributed by atoms with Crippen molar-refractivity contribution in [2.24, 2.45) is 13.0 Å². The van der Waals surface area contributed by atoms with Gasteiger partial charge in [-0.3, -0.25) is 19.4 Å². The monoisotopic (exact) mass is 650 g/mol. The molecule has 252 valence electrons. The van der Waals surface area contributed by atoms with Crippen molar-refractivity contribution in [2.45, 2.75) is 79.4 Å². The average Bonchev–Trinajstić information content (AvgIpc) is 3.52. The molecule has 0 bridgehead atoms. The third-order valence-corrected chi connectivity index (χ3v) is 7.65. The van der Waals surface area contributed by atoms with E-state index in [9.17, 15) is 14.4 Å². The predicted octanol–water partition coefficient (Wildman–Crippen LogP) is 6.01. The molecule has 4 aromatic rings. The van der Waals surface area contributed by atoms with Crippen LogP contribution in [0.4, 0.5) is 25.5 Å². The van der Waals surface area contributed by atoms with E-state index >= 15 is 4.39 Å². The van der Waals surface area contributed by atoms with Crippen LogP contribution in [0.3, 0.4) is 0 Å². The van der Waals surface area contributed by atoms with Crippen LogP contribution in [-0.2, 0) is 16.5 Å². The maximum atomic E-state index is 16.1. The third kappa shape index (κ3) is 7.63. The molecule has 1 fully saturated rings. The minimum absolute atomic E-state index is 0.0180. The molecule has 3 aromatic heterocycles. The highest BCUT2D eigenvalue weighted by Gasteiger charge is 2.33. The van der Waals surface area contributed by atoms with Gasteiger partial charge in [0.1, 0.15) is 28.1 Å². The number of halogens is 1. The summed E-state index contributed by atoms with van der Waals surface area (Å²) in [5, 5.41) is 7.53. The Labute approximate surface area is 273 Å². The maximum Gasteiger partial charge on any atom is 0.414 e. The molecule has 0 spiro atoms. The lowest BCUT2D eigenvalue weighted by Gasteiger charge is -2.36. The lowest BCUT2D eigenvalue weighted by molar-refractivity contribution is 0.0182. The summed E-state index contributed by atoms with van der Waals surface area (Å²) in [6, 6.07) is 1.18. The van der Waals surface area contributed by atoms with Crippen molar-refractivity contribution in [1.82, 2.24) is 29.0 Å². The van der Waals surface area contributed by atoms with Gasteiger partial charge in [0.05, 0.1) is 23.3 Å². The summed E-state index contributed by atoms with van der Waals surface area (Å²) in [4.78, 5) is 51.8. The van der Waals surface area contributed by atoms with Crippen LogP contribution >= 0.6 is 0 Å². The summed E-state index contributed by atoms with van der Waals surface area (Å²) in [6.45, 7) is 15.5. The SMILES string of the molecule is Cc1cn2cc(NC(=O)c3c(F)cc(N(CC4CCN(C(=O)OC(C)(C)C)CC4)C(=O)OC(C)(C)C)c4cn(C)nc34)nc2c(C)n1. The van der Waals surface area contributed by atoms with Crippen LogP contribution in [0.2, 0.25) is 0 Å². The van der Waals surface area contributed by atoms with Crippen LogP contribution in [0.1, 0.15) is 76.1 Å². The summed E-state index contributed by atoms with van der Waals surface area (Å²) in [5.41, 5.74) is 0.656. The summed E-state index contributed by atoms with van der Waals surface area (Å²) < 4.78 is 30.6. The van der Waals surface area contributed by atoms with Crippen molar-refractivity contribution < 1.29 is 28.2 Å². The predicted molar refractivity (Wildman–Crippen MR) is 175 cm³/mol. The fraction of sp³-hybridized carbons (Fsp3) is 0.515. The zero-order chi connectivity index (χ0) is 34.4. The molecule has 0 saturated carbocycles. The van der Waals surface area contributed by atoms with Gasteiger partial charge in [-0.05, 0) is 80.2 Å². The standard InChI is InChI=1S/C33H43FN8O5/c1-19-15-41-18-25(36-28(41)20(2)35-19)37-29(43)26-23(34)14-24(22-17-39(9)38-27(22)26)42(31(45)47-33(6,7)8)16-21-10-12-40(13-11-21)30(44)46-32(3,4)5/h14-15,17-18,21H,10-13,16H2,1-9H3,(H,37,43). The number of hydrogen-bond donors (Lipinski definition) is 1. The number of likely N-dealkylation sites (tertiary alicyclic amines) is 1. The van der Waals surface area contributed by atoms with Crippen molar-refractivity contribution in [3.05, 3.63) is 47.4 Å². The van der Waals surface area contributed by atoms with Crippen LogP contribution in [0, 0.1) is 25.6 Å². The van der Waals surface area contributed by atoms with E-state index in [0.717, 1.165) is 5.69 Å². The second kappa shape index (κ2) is 12.5. The first-order chi connectivity index (χ1) is 21.9. The molecule has 0 unspecified atom stereocenters. The molecule has 47 heavy (non-hydrogen) atoms. The molecule has 5 rings (SSSR count). The molecule has 3 amide bonds. The first kappa shape index (κ1) is 33.6. The topological polar surface area (TPSA) is 136 Å². The Bertz CT molecular complexity index is 1840. The minimum Gasteiger partial charge on any atom is -0.444 e. The van der Waals surface area contributed by atoms with Crippen LogP contribution in [0.15, 0.2) is 24.7 Å². The second-order valence-corrected chi connectivity index (χ2v) is 14.1. The smallest absolute Gasteiger partial charge is 0.414 e. The number of anilines is 2. The summed E-state index contributed by atoms with van der Waals surface area (Å²) in [7, 11) is 1.66. The van der Waals surface area contributed by atoms with E-state index in [-0.39, 0.29) is 41.1 Å². The Morgan fingerprint density at radius 3 is 2.30 bits per heavy atom. The summed E-state index contributed by atoms with van der Waals surface area (Å²) in [6.07, 6.45) is 5.23. The number of carbonyl (C=O) groups excluding carboxylic acids is 3. The van der Waals surface area contributed by atoms with E-state index in [2.05, 4.69) is 20.4 Å². The van der Waals surface area contributed by atoms with Gasteiger partial charge in [-0.1, -0.05) is 0 Å². The summed E-state index contributed by atoms with van der Waals surface area (Å²) in [5.74, 6) is -1.38. The van der Waals surface area contributed by atoms with E-state index in [4.69, 9.17) is 9.47 Å². The zero-order valence-electron chi connectivity index (χ0n) is 28.5. The average molecular weight is 651 g/mol. The molecule has 1 aliphatic rings. The van der Waals surface area contributed by atoms with Crippen molar-refractivity contribution in [3.8, 4) is 0 Å². The highest BCUT2D eigenvalue weighted by molar-refractivity contribution is 6.15. The number of hydrogen-bond acceptors (Lipinski definition) is 8. The maximum absolute atomic E-state index is 16.1. The number of imidazole rings is 1. The van der Waals surface area contributed by atoms with E-state index in [1.807, 2.05) is 34.6 Å². The Balaban J connectivity index is 1.45. The number of aryl methyl sites for hydroxylation is 3. The quantitative estimate of drug-likeness (QED) is 0.277. The molecule has 1 aliphatic heterocycles. The minimum atomic E-state index is -0.852. The van der Waals surface area contributed by atoms with E-state index in [1.54, 1.807) is 55.7 Å². The largest absolute Gasteiger partial charge is 0.444 e. The molecule has 13 nitrogen and oxygen atoms in total. The second-order valence-electron chi connectivity index (χ2n) is 14.1. The Morgan fingerprint density at radius 1 is 1.00 bits per heavy atom. The number of piperidine rings is 1. The zero-order valence-corrected chi connectivity index (χ0v) is 28.5.